The standard InChI is InChI=1S/C19H25N3O/c1-14-6-5-7-18(15(14)2)20-13-12-19(23)21-16-8-10-17(11-9-16)22(3)4/h5-11,20H,12-13H2,1-4H3,(H,21,23). The summed E-state index contributed by atoms with van der Waals surface area (Å²) in [6.45, 7) is 4.79. The zero-order valence-corrected chi connectivity index (χ0v) is 14.3. The Kier molecular flexibility index (Phi) is 5.63. The summed E-state index contributed by atoms with van der Waals surface area (Å²) in [5.41, 5.74) is 5.51. The van der Waals surface area contributed by atoms with Crippen LogP contribution in [0.3, 0.4) is 0 Å². The van der Waals surface area contributed by atoms with Crippen molar-refractivity contribution in [2.45, 2.75) is 20.3 Å². The molecule has 0 spiro atoms. The van der Waals surface area contributed by atoms with E-state index < -0.39 is 0 Å². The molecule has 0 atom stereocenters. The summed E-state index contributed by atoms with van der Waals surface area (Å²) in [6, 6.07) is 14.0. The molecule has 2 aromatic carbocycles. The summed E-state index contributed by atoms with van der Waals surface area (Å²) < 4.78 is 0. The van der Waals surface area contributed by atoms with Crippen molar-refractivity contribution >= 4 is 23.0 Å². The topological polar surface area (TPSA) is 44.4 Å². The molecule has 0 aliphatic heterocycles. The molecule has 1 amide bonds. The van der Waals surface area contributed by atoms with Crippen LogP contribution in [-0.2, 0) is 4.79 Å². The minimum atomic E-state index is 0.0143. The number of hydrogen-bond donors (Lipinski definition) is 2. The quantitative estimate of drug-likeness (QED) is 0.852. The van der Waals surface area contributed by atoms with E-state index in [4.69, 9.17) is 0 Å². The van der Waals surface area contributed by atoms with Gasteiger partial charge in [0, 0.05) is 44.1 Å². The molecule has 0 unspecified atom stereocenters. The summed E-state index contributed by atoms with van der Waals surface area (Å²) in [4.78, 5) is 14.0. The van der Waals surface area contributed by atoms with Crippen LogP contribution < -0.4 is 15.5 Å². The summed E-state index contributed by atoms with van der Waals surface area (Å²) in [5, 5.41) is 6.25. The van der Waals surface area contributed by atoms with Crippen LogP contribution in [0.1, 0.15) is 17.5 Å². The maximum absolute atomic E-state index is 12.0. The van der Waals surface area contributed by atoms with Crippen LogP contribution in [0.4, 0.5) is 17.1 Å². The van der Waals surface area contributed by atoms with Crippen LogP contribution >= 0.6 is 0 Å². The molecule has 2 N–H and O–H groups in total. The van der Waals surface area contributed by atoms with Gasteiger partial charge >= 0.3 is 0 Å². The van der Waals surface area contributed by atoms with Gasteiger partial charge in [0.15, 0.2) is 0 Å². The fourth-order valence-electron chi connectivity index (χ4n) is 2.32. The van der Waals surface area contributed by atoms with Gasteiger partial charge in [0.2, 0.25) is 5.91 Å². The minimum absolute atomic E-state index is 0.0143. The predicted octanol–water partition coefficient (Wildman–Crippen LogP) is 3.81. The Balaban J connectivity index is 1.82. The highest BCUT2D eigenvalue weighted by atomic mass is 16.1. The molecule has 0 radical (unpaired) electrons. The average molecular weight is 311 g/mol. The molecule has 23 heavy (non-hydrogen) atoms. The SMILES string of the molecule is Cc1cccc(NCCC(=O)Nc2ccc(N(C)C)cc2)c1C. The number of anilines is 3. The summed E-state index contributed by atoms with van der Waals surface area (Å²) >= 11 is 0. The highest BCUT2D eigenvalue weighted by Crippen LogP contribution is 2.18. The zero-order valence-electron chi connectivity index (χ0n) is 14.3. The molecular weight excluding hydrogens is 286 g/mol. The second-order valence-corrected chi connectivity index (χ2v) is 5.91. The molecule has 0 saturated carbocycles. The van der Waals surface area contributed by atoms with Gasteiger partial charge in [-0.1, -0.05) is 12.1 Å². The third kappa shape index (κ3) is 4.74. The smallest absolute Gasteiger partial charge is 0.226 e. The molecule has 122 valence electrons. The maximum Gasteiger partial charge on any atom is 0.226 e. The van der Waals surface area contributed by atoms with Crippen molar-refractivity contribution in [1.82, 2.24) is 0 Å². The molecule has 2 aromatic rings. The van der Waals surface area contributed by atoms with E-state index in [9.17, 15) is 4.79 Å². The summed E-state index contributed by atoms with van der Waals surface area (Å²) in [5.74, 6) is 0.0143. The lowest BCUT2D eigenvalue weighted by Crippen LogP contribution is -2.16. The number of nitrogens with zero attached hydrogens (tertiary/aromatic N) is 1. The highest BCUT2D eigenvalue weighted by Gasteiger charge is 2.04. The van der Waals surface area contributed by atoms with Gasteiger partial charge in [-0.15, -0.1) is 0 Å². The van der Waals surface area contributed by atoms with Crippen molar-refractivity contribution in [3.05, 3.63) is 53.6 Å². The second-order valence-electron chi connectivity index (χ2n) is 5.91. The van der Waals surface area contributed by atoms with Crippen LogP contribution in [0.2, 0.25) is 0 Å². The van der Waals surface area contributed by atoms with Gasteiger partial charge < -0.3 is 15.5 Å². The van der Waals surface area contributed by atoms with E-state index in [1.165, 1.54) is 11.1 Å². The van der Waals surface area contributed by atoms with Crippen molar-refractivity contribution < 1.29 is 4.79 Å². The van der Waals surface area contributed by atoms with Crippen molar-refractivity contribution in [3.63, 3.8) is 0 Å². The largest absolute Gasteiger partial charge is 0.384 e. The van der Waals surface area contributed by atoms with Gasteiger partial charge in [0.1, 0.15) is 0 Å². The van der Waals surface area contributed by atoms with E-state index in [0.29, 0.717) is 13.0 Å². The van der Waals surface area contributed by atoms with E-state index >= 15 is 0 Å². The molecule has 0 bridgehead atoms. The van der Waals surface area contributed by atoms with E-state index in [0.717, 1.165) is 17.1 Å². The molecule has 4 nitrogen and oxygen atoms in total. The van der Waals surface area contributed by atoms with Crippen LogP contribution in [0.15, 0.2) is 42.5 Å². The highest BCUT2D eigenvalue weighted by molar-refractivity contribution is 5.91. The van der Waals surface area contributed by atoms with E-state index in [1.807, 2.05) is 55.4 Å². The average Bonchev–Trinajstić information content (AvgIpc) is 2.52. The predicted molar refractivity (Wildman–Crippen MR) is 98.4 cm³/mol. The van der Waals surface area contributed by atoms with Crippen molar-refractivity contribution in [2.24, 2.45) is 0 Å². The Bertz CT molecular complexity index is 663. The van der Waals surface area contributed by atoms with Crippen molar-refractivity contribution in [1.29, 1.82) is 0 Å². The Morgan fingerprint density at radius 3 is 2.39 bits per heavy atom. The normalized spacial score (nSPS) is 10.3. The molecule has 0 aliphatic rings. The number of nitrogens with one attached hydrogen (secondary N) is 2. The Morgan fingerprint density at radius 2 is 1.74 bits per heavy atom. The zero-order chi connectivity index (χ0) is 16.8. The molecule has 2 rings (SSSR count). The van der Waals surface area contributed by atoms with Crippen LogP contribution in [0.25, 0.3) is 0 Å². The number of aryl methyl sites for hydroxylation is 1. The lowest BCUT2D eigenvalue weighted by Gasteiger charge is -2.13. The van der Waals surface area contributed by atoms with Crippen LogP contribution in [-0.4, -0.2) is 26.5 Å². The number of rotatable bonds is 6. The molecule has 0 aromatic heterocycles. The summed E-state index contributed by atoms with van der Waals surface area (Å²) in [6.07, 6.45) is 0.433. The number of amides is 1. The Hall–Kier alpha value is -2.49. The fourth-order valence-corrected chi connectivity index (χ4v) is 2.32. The van der Waals surface area contributed by atoms with Gasteiger partial charge in [-0.2, -0.15) is 0 Å². The lowest BCUT2D eigenvalue weighted by atomic mass is 10.1. The first kappa shape index (κ1) is 16.9. The van der Waals surface area contributed by atoms with Crippen LogP contribution in [0.5, 0.6) is 0 Å². The van der Waals surface area contributed by atoms with Gasteiger partial charge in [-0.3, -0.25) is 4.79 Å². The van der Waals surface area contributed by atoms with Crippen molar-refractivity contribution in [3.8, 4) is 0 Å². The first-order valence-corrected chi connectivity index (χ1v) is 7.84. The third-order valence-electron chi connectivity index (χ3n) is 3.94. The van der Waals surface area contributed by atoms with E-state index in [1.54, 1.807) is 0 Å². The van der Waals surface area contributed by atoms with Gasteiger partial charge in [0.05, 0.1) is 0 Å². The Morgan fingerprint density at radius 1 is 1.04 bits per heavy atom. The van der Waals surface area contributed by atoms with Gasteiger partial charge in [-0.05, 0) is 55.3 Å². The number of carbonyl (C=O) groups excluding carboxylic acids is 1. The molecular formula is C19H25N3O. The number of carbonyl (C=O) groups is 1. The first-order chi connectivity index (χ1) is 11.0. The third-order valence-corrected chi connectivity index (χ3v) is 3.94. The maximum atomic E-state index is 12.0. The molecule has 0 heterocycles. The number of benzene rings is 2. The Labute approximate surface area is 138 Å². The summed E-state index contributed by atoms with van der Waals surface area (Å²) in [7, 11) is 3.99. The number of hydrogen-bond acceptors (Lipinski definition) is 3. The van der Waals surface area contributed by atoms with Gasteiger partial charge in [0.25, 0.3) is 0 Å². The second kappa shape index (κ2) is 7.68. The van der Waals surface area contributed by atoms with E-state index in [-0.39, 0.29) is 5.91 Å². The first-order valence-electron chi connectivity index (χ1n) is 7.84. The van der Waals surface area contributed by atoms with Gasteiger partial charge in [-0.25, -0.2) is 0 Å². The molecule has 4 heteroatoms. The lowest BCUT2D eigenvalue weighted by molar-refractivity contribution is -0.115. The molecule has 0 aliphatic carbocycles. The monoisotopic (exact) mass is 311 g/mol. The van der Waals surface area contributed by atoms with Crippen molar-refractivity contribution in [2.75, 3.05) is 36.2 Å². The van der Waals surface area contributed by atoms with Crippen LogP contribution in [0, 0.1) is 13.8 Å². The van der Waals surface area contributed by atoms with E-state index in [2.05, 4.69) is 30.5 Å². The minimum Gasteiger partial charge on any atom is -0.384 e. The molecule has 0 fully saturated rings. The molecule has 0 saturated heterocycles. The fraction of sp³-hybridized carbons (Fsp3) is 0.316.